The van der Waals surface area contributed by atoms with Crippen molar-refractivity contribution in [1.29, 1.82) is 0 Å². The van der Waals surface area contributed by atoms with Gasteiger partial charge in [0, 0.05) is 27.1 Å². The van der Waals surface area contributed by atoms with Gasteiger partial charge in [-0.2, -0.15) is 0 Å². The summed E-state index contributed by atoms with van der Waals surface area (Å²) >= 11 is 3.53. The van der Waals surface area contributed by atoms with E-state index in [9.17, 15) is 0 Å². The lowest BCUT2D eigenvalue weighted by atomic mass is 9.81. The number of benzene rings is 1. The normalized spacial score (nSPS) is 23.9. The zero-order valence-electron chi connectivity index (χ0n) is 11.4. The lowest BCUT2D eigenvalue weighted by Crippen LogP contribution is -2.34. The first-order valence-electron chi connectivity index (χ1n) is 7.17. The standard InChI is InChI=1S/C16H21BrN2/c1-10-14(8-11-4-2-3-5-15(11)18)13-7-6-12(17)9-16(13)19-10/h6-7,9,11,15,19H,2-5,8,18H2,1H3. The van der Waals surface area contributed by atoms with Gasteiger partial charge in [0.05, 0.1) is 0 Å². The van der Waals surface area contributed by atoms with Crippen LogP contribution in [0.25, 0.3) is 10.9 Å². The molecular formula is C16H21BrN2. The Balaban J connectivity index is 1.93. The maximum absolute atomic E-state index is 6.30. The highest BCUT2D eigenvalue weighted by atomic mass is 79.9. The Hall–Kier alpha value is -0.800. The van der Waals surface area contributed by atoms with Crippen LogP contribution < -0.4 is 5.73 Å². The summed E-state index contributed by atoms with van der Waals surface area (Å²) < 4.78 is 1.13. The van der Waals surface area contributed by atoms with E-state index in [4.69, 9.17) is 5.73 Å². The monoisotopic (exact) mass is 320 g/mol. The number of hydrogen-bond donors (Lipinski definition) is 2. The summed E-state index contributed by atoms with van der Waals surface area (Å²) in [6.45, 7) is 2.18. The second kappa shape index (κ2) is 5.29. The Morgan fingerprint density at radius 1 is 1.32 bits per heavy atom. The minimum Gasteiger partial charge on any atom is -0.358 e. The molecule has 2 unspecified atom stereocenters. The number of nitrogens with one attached hydrogen (secondary N) is 1. The summed E-state index contributed by atoms with van der Waals surface area (Å²) in [6, 6.07) is 6.88. The Kier molecular flexibility index (Phi) is 3.68. The van der Waals surface area contributed by atoms with Crippen molar-refractivity contribution in [3.63, 3.8) is 0 Å². The number of aromatic nitrogens is 1. The van der Waals surface area contributed by atoms with E-state index in [1.165, 1.54) is 47.8 Å². The third-order valence-electron chi connectivity index (χ3n) is 4.52. The molecule has 2 atom stereocenters. The average Bonchev–Trinajstić information content (AvgIpc) is 2.68. The van der Waals surface area contributed by atoms with Crippen molar-refractivity contribution >= 4 is 26.8 Å². The maximum atomic E-state index is 6.30. The van der Waals surface area contributed by atoms with Gasteiger partial charge in [-0.25, -0.2) is 0 Å². The molecule has 2 nitrogen and oxygen atoms in total. The largest absolute Gasteiger partial charge is 0.358 e. The molecule has 19 heavy (non-hydrogen) atoms. The van der Waals surface area contributed by atoms with Gasteiger partial charge in [-0.1, -0.05) is 34.8 Å². The van der Waals surface area contributed by atoms with Gasteiger partial charge in [-0.3, -0.25) is 0 Å². The Bertz CT molecular complexity index is 588. The molecule has 0 aliphatic heterocycles. The van der Waals surface area contributed by atoms with Crippen LogP contribution in [0.3, 0.4) is 0 Å². The van der Waals surface area contributed by atoms with Crippen molar-refractivity contribution in [3.05, 3.63) is 33.9 Å². The highest BCUT2D eigenvalue weighted by Crippen LogP contribution is 2.31. The van der Waals surface area contributed by atoms with Gasteiger partial charge in [-0.15, -0.1) is 0 Å². The van der Waals surface area contributed by atoms with E-state index in [0.717, 1.165) is 10.9 Å². The van der Waals surface area contributed by atoms with Crippen LogP contribution in [0, 0.1) is 12.8 Å². The molecule has 1 aliphatic carbocycles. The van der Waals surface area contributed by atoms with E-state index in [2.05, 4.69) is 46.0 Å². The SMILES string of the molecule is Cc1[nH]c2cc(Br)ccc2c1CC1CCCCC1N. The molecule has 0 bridgehead atoms. The molecular weight excluding hydrogens is 300 g/mol. The van der Waals surface area contributed by atoms with E-state index < -0.39 is 0 Å². The van der Waals surface area contributed by atoms with E-state index in [-0.39, 0.29) is 0 Å². The number of rotatable bonds is 2. The molecule has 3 heteroatoms. The van der Waals surface area contributed by atoms with Crippen LogP contribution >= 0.6 is 15.9 Å². The molecule has 1 aliphatic rings. The lowest BCUT2D eigenvalue weighted by Gasteiger charge is -2.28. The summed E-state index contributed by atoms with van der Waals surface area (Å²) in [5.41, 5.74) is 10.3. The Morgan fingerprint density at radius 3 is 2.89 bits per heavy atom. The van der Waals surface area contributed by atoms with Crippen molar-refractivity contribution in [2.45, 2.75) is 45.1 Å². The van der Waals surface area contributed by atoms with Gasteiger partial charge in [0.2, 0.25) is 0 Å². The number of hydrogen-bond acceptors (Lipinski definition) is 1. The van der Waals surface area contributed by atoms with E-state index in [0.29, 0.717) is 12.0 Å². The number of H-pyrrole nitrogens is 1. The number of fused-ring (bicyclic) bond motifs is 1. The van der Waals surface area contributed by atoms with Crippen LogP contribution in [0.4, 0.5) is 0 Å². The van der Waals surface area contributed by atoms with Gasteiger partial charge in [-0.05, 0) is 49.8 Å². The molecule has 0 radical (unpaired) electrons. The van der Waals surface area contributed by atoms with Crippen LogP contribution in [0.5, 0.6) is 0 Å². The zero-order valence-corrected chi connectivity index (χ0v) is 13.0. The average molecular weight is 321 g/mol. The second-order valence-corrected chi connectivity index (χ2v) is 6.75. The Labute approximate surface area is 122 Å². The topological polar surface area (TPSA) is 41.8 Å². The number of nitrogens with two attached hydrogens (primary N) is 1. The van der Waals surface area contributed by atoms with Crippen LogP contribution in [0.1, 0.15) is 36.9 Å². The molecule has 0 saturated heterocycles. The fourth-order valence-electron chi connectivity index (χ4n) is 3.38. The van der Waals surface area contributed by atoms with Crippen molar-refractivity contribution < 1.29 is 0 Å². The van der Waals surface area contributed by atoms with Gasteiger partial charge >= 0.3 is 0 Å². The van der Waals surface area contributed by atoms with Gasteiger partial charge in [0.25, 0.3) is 0 Å². The molecule has 2 aromatic rings. The summed E-state index contributed by atoms with van der Waals surface area (Å²) in [7, 11) is 0. The predicted molar refractivity (Wildman–Crippen MR) is 84.4 cm³/mol. The smallest absolute Gasteiger partial charge is 0.0470 e. The number of aromatic amines is 1. The van der Waals surface area contributed by atoms with Crippen molar-refractivity contribution in [3.8, 4) is 0 Å². The fraction of sp³-hybridized carbons (Fsp3) is 0.500. The van der Waals surface area contributed by atoms with Crippen LogP contribution in [0.2, 0.25) is 0 Å². The van der Waals surface area contributed by atoms with Gasteiger partial charge in [0.15, 0.2) is 0 Å². The van der Waals surface area contributed by atoms with Gasteiger partial charge in [0.1, 0.15) is 0 Å². The molecule has 102 valence electrons. The zero-order chi connectivity index (χ0) is 13.4. The highest BCUT2D eigenvalue weighted by Gasteiger charge is 2.23. The Morgan fingerprint density at radius 2 is 2.11 bits per heavy atom. The minimum absolute atomic E-state index is 0.383. The fourth-order valence-corrected chi connectivity index (χ4v) is 3.74. The third-order valence-corrected chi connectivity index (χ3v) is 5.01. The first-order chi connectivity index (χ1) is 9.15. The molecule has 0 spiro atoms. The highest BCUT2D eigenvalue weighted by molar-refractivity contribution is 9.10. The molecule has 1 aromatic heterocycles. The molecule has 1 saturated carbocycles. The van der Waals surface area contributed by atoms with Crippen molar-refractivity contribution in [2.75, 3.05) is 0 Å². The summed E-state index contributed by atoms with van der Waals surface area (Å²) in [4.78, 5) is 3.50. The summed E-state index contributed by atoms with van der Waals surface area (Å²) in [5, 5.41) is 1.36. The molecule has 3 rings (SSSR count). The van der Waals surface area contributed by atoms with Crippen LogP contribution in [-0.4, -0.2) is 11.0 Å². The maximum Gasteiger partial charge on any atom is 0.0470 e. The molecule has 1 aromatic carbocycles. The number of aryl methyl sites for hydroxylation is 1. The lowest BCUT2D eigenvalue weighted by molar-refractivity contribution is 0.306. The first-order valence-corrected chi connectivity index (χ1v) is 7.96. The summed E-state index contributed by atoms with van der Waals surface area (Å²) in [5.74, 6) is 0.648. The van der Waals surface area contributed by atoms with E-state index in [1.54, 1.807) is 0 Å². The van der Waals surface area contributed by atoms with E-state index >= 15 is 0 Å². The van der Waals surface area contributed by atoms with Crippen molar-refractivity contribution in [2.24, 2.45) is 11.7 Å². The number of halogens is 1. The third kappa shape index (κ3) is 2.59. The molecule has 1 heterocycles. The summed E-state index contributed by atoms with van der Waals surface area (Å²) in [6.07, 6.45) is 6.23. The molecule has 0 amide bonds. The molecule has 3 N–H and O–H groups in total. The minimum atomic E-state index is 0.383. The quantitative estimate of drug-likeness (QED) is 0.851. The predicted octanol–water partition coefficient (Wildman–Crippen LogP) is 4.30. The first kappa shape index (κ1) is 13.2. The van der Waals surface area contributed by atoms with Crippen molar-refractivity contribution in [1.82, 2.24) is 4.98 Å². The van der Waals surface area contributed by atoms with Gasteiger partial charge < -0.3 is 10.7 Å². The van der Waals surface area contributed by atoms with E-state index in [1.807, 2.05) is 0 Å². The molecule has 1 fully saturated rings. The second-order valence-electron chi connectivity index (χ2n) is 5.83. The van der Waals surface area contributed by atoms with Crippen LogP contribution in [-0.2, 0) is 6.42 Å². The van der Waals surface area contributed by atoms with Crippen LogP contribution in [0.15, 0.2) is 22.7 Å².